The van der Waals surface area contributed by atoms with Gasteiger partial charge in [0.15, 0.2) is 0 Å². The van der Waals surface area contributed by atoms with Gasteiger partial charge in [-0.05, 0) is 18.6 Å². The van der Waals surface area contributed by atoms with E-state index in [9.17, 15) is 0 Å². The Hall–Kier alpha value is -1.13. The maximum absolute atomic E-state index is 5.11. The van der Waals surface area contributed by atoms with Gasteiger partial charge in [-0.1, -0.05) is 24.1 Å². The van der Waals surface area contributed by atoms with Gasteiger partial charge >= 0.3 is 0 Å². The van der Waals surface area contributed by atoms with Gasteiger partial charge in [-0.25, -0.2) is 0 Å². The third-order valence-corrected chi connectivity index (χ3v) is 1.53. The van der Waals surface area contributed by atoms with Gasteiger partial charge in [0.05, 0.1) is 6.54 Å². The summed E-state index contributed by atoms with van der Waals surface area (Å²) in [6, 6.07) is 8.08. The van der Waals surface area contributed by atoms with Crippen LogP contribution in [-0.2, 0) is 0 Å². The zero-order valence-corrected chi connectivity index (χ0v) is 7.82. The van der Waals surface area contributed by atoms with E-state index in [2.05, 4.69) is 24.2 Å². The van der Waals surface area contributed by atoms with Crippen LogP contribution in [0.5, 0.6) is 0 Å². The number of hydrogen-bond acceptors (Lipinski definition) is 1. The van der Waals surface area contributed by atoms with Crippen LogP contribution < -0.4 is 5.32 Å². The molecule has 0 spiro atoms. The van der Waals surface area contributed by atoms with E-state index >= 15 is 0 Å². The smallest absolute Gasteiger partial charge is 0.0763 e. The standard InChI is InChI=1S/C10H11N.ClH/c1-3-8-11-10-7-5-4-6-9(10)2;/h1,4-7,11H,8H2,2H3;1H. The highest BCUT2D eigenvalue weighted by Crippen LogP contribution is 2.11. The highest BCUT2D eigenvalue weighted by molar-refractivity contribution is 5.85. The number of halogens is 1. The molecule has 1 aromatic carbocycles. The first-order valence-electron chi connectivity index (χ1n) is 3.57. The average Bonchev–Trinajstić information content (AvgIpc) is 2.03. The van der Waals surface area contributed by atoms with E-state index in [0.29, 0.717) is 6.54 Å². The number of terminal acetylenes is 1. The van der Waals surface area contributed by atoms with Crippen molar-refractivity contribution in [2.24, 2.45) is 0 Å². The van der Waals surface area contributed by atoms with Crippen molar-refractivity contribution in [2.75, 3.05) is 11.9 Å². The molecule has 0 aromatic heterocycles. The predicted octanol–water partition coefficient (Wildman–Crippen LogP) is 2.46. The molecule has 64 valence electrons. The third-order valence-electron chi connectivity index (χ3n) is 1.53. The van der Waals surface area contributed by atoms with Gasteiger partial charge in [0.1, 0.15) is 0 Å². The Balaban J connectivity index is 0.00000121. The number of anilines is 1. The summed E-state index contributed by atoms with van der Waals surface area (Å²) in [5, 5.41) is 3.13. The second kappa shape index (κ2) is 5.51. The number of hydrogen-bond donors (Lipinski definition) is 1. The van der Waals surface area contributed by atoms with E-state index in [0.717, 1.165) is 5.69 Å². The molecule has 1 aromatic rings. The Morgan fingerprint density at radius 1 is 1.42 bits per heavy atom. The fourth-order valence-electron chi connectivity index (χ4n) is 0.917. The Labute approximate surface area is 79.6 Å². The summed E-state index contributed by atoms with van der Waals surface area (Å²) < 4.78 is 0. The maximum Gasteiger partial charge on any atom is 0.0763 e. The first kappa shape index (κ1) is 10.9. The largest absolute Gasteiger partial charge is 0.374 e. The van der Waals surface area contributed by atoms with Crippen molar-refractivity contribution in [3.05, 3.63) is 29.8 Å². The molecule has 0 amide bonds. The number of para-hydroxylation sites is 1. The van der Waals surface area contributed by atoms with Crippen LogP contribution in [0.2, 0.25) is 0 Å². The Morgan fingerprint density at radius 2 is 2.08 bits per heavy atom. The highest BCUT2D eigenvalue weighted by Gasteiger charge is 1.91. The quantitative estimate of drug-likeness (QED) is 0.692. The minimum Gasteiger partial charge on any atom is -0.374 e. The normalized spacial score (nSPS) is 8.00. The van der Waals surface area contributed by atoms with E-state index in [1.807, 2.05) is 18.2 Å². The van der Waals surface area contributed by atoms with Gasteiger partial charge in [0.25, 0.3) is 0 Å². The second-order valence-electron chi connectivity index (χ2n) is 2.37. The van der Waals surface area contributed by atoms with Crippen molar-refractivity contribution < 1.29 is 0 Å². The van der Waals surface area contributed by atoms with Crippen LogP contribution in [-0.4, -0.2) is 6.54 Å². The Morgan fingerprint density at radius 3 is 2.67 bits per heavy atom. The molecule has 0 saturated heterocycles. The third kappa shape index (κ3) is 2.86. The second-order valence-corrected chi connectivity index (χ2v) is 2.37. The number of rotatable bonds is 2. The summed E-state index contributed by atoms with van der Waals surface area (Å²) in [5.74, 6) is 2.53. The summed E-state index contributed by atoms with van der Waals surface area (Å²) in [5.41, 5.74) is 2.34. The molecule has 0 aliphatic carbocycles. The summed E-state index contributed by atoms with van der Waals surface area (Å²) in [6.45, 7) is 2.64. The summed E-state index contributed by atoms with van der Waals surface area (Å²) >= 11 is 0. The van der Waals surface area contributed by atoms with Gasteiger partial charge in [-0.3, -0.25) is 0 Å². The van der Waals surface area contributed by atoms with Crippen LogP contribution in [0.3, 0.4) is 0 Å². The number of benzene rings is 1. The van der Waals surface area contributed by atoms with Crippen molar-refractivity contribution in [2.45, 2.75) is 6.92 Å². The Kier molecular flexibility index (Phi) is 4.99. The van der Waals surface area contributed by atoms with Gasteiger partial charge < -0.3 is 5.32 Å². The van der Waals surface area contributed by atoms with Crippen molar-refractivity contribution in [3.63, 3.8) is 0 Å². The SMILES string of the molecule is C#CCNc1ccccc1C.Cl. The highest BCUT2D eigenvalue weighted by atomic mass is 35.5. The lowest BCUT2D eigenvalue weighted by Crippen LogP contribution is -1.99. The average molecular weight is 182 g/mol. The lowest BCUT2D eigenvalue weighted by atomic mass is 10.2. The molecule has 0 radical (unpaired) electrons. The van der Waals surface area contributed by atoms with Crippen LogP contribution in [0.1, 0.15) is 5.56 Å². The lowest BCUT2D eigenvalue weighted by molar-refractivity contribution is 1.33. The molecular formula is C10H12ClN. The molecular weight excluding hydrogens is 170 g/mol. The molecule has 0 saturated carbocycles. The molecule has 0 bridgehead atoms. The first-order chi connectivity index (χ1) is 5.34. The molecule has 0 aliphatic rings. The molecule has 0 heterocycles. The van der Waals surface area contributed by atoms with Crippen molar-refractivity contribution in [1.82, 2.24) is 0 Å². The van der Waals surface area contributed by atoms with Crippen LogP contribution in [0, 0.1) is 19.3 Å². The van der Waals surface area contributed by atoms with Crippen LogP contribution in [0.15, 0.2) is 24.3 Å². The fourth-order valence-corrected chi connectivity index (χ4v) is 0.917. The molecule has 0 aliphatic heterocycles. The minimum absolute atomic E-state index is 0. The molecule has 0 fully saturated rings. The molecule has 0 atom stereocenters. The summed E-state index contributed by atoms with van der Waals surface area (Å²) in [6.07, 6.45) is 5.11. The minimum atomic E-state index is 0. The molecule has 0 unspecified atom stereocenters. The molecule has 1 nitrogen and oxygen atoms in total. The molecule has 2 heteroatoms. The number of aryl methyl sites for hydroxylation is 1. The Bertz CT molecular complexity index is 275. The van der Waals surface area contributed by atoms with E-state index in [-0.39, 0.29) is 12.4 Å². The van der Waals surface area contributed by atoms with Crippen molar-refractivity contribution >= 4 is 18.1 Å². The van der Waals surface area contributed by atoms with E-state index in [1.165, 1.54) is 5.56 Å². The van der Waals surface area contributed by atoms with Gasteiger partial charge in [0, 0.05) is 5.69 Å². The lowest BCUT2D eigenvalue weighted by Gasteiger charge is -2.04. The summed E-state index contributed by atoms with van der Waals surface area (Å²) in [4.78, 5) is 0. The van der Waals surface area contributed by atoms with Crippen molar-refractivity contribution in [1.29, 1.82) is 0 Å². The molecule has 1 rings (SSSR count). The first-order valence-corrected chi connectivity index (χ1v) is 3.57. The van der Waals surface area contributed by atoms with Crippen molar-refractivity contribution in [3.8, 4) is 12.3 Å². The number of nitrogens with one attached hydrogen (secondary N) is 1. The summed E-state index contributed by atoms with van der Waals surface area (Å²) in [7, 11) is 0. The van der Waals surface area contributed by atoms with E-state index in [1.54, 1.807) is 0 Å². The van der Waals surface area contributed by atoms with Gasteiger partial charge in [-0.15, -0.1) is 18.8 Å². The fraction of sp³-hybridized carbons (Fsp3) is 0.200. The zero-order valence-electron chi connectivity index (χ0n) is 7.00. The van der Waals surface area contributed by atoms with Crippen LogP contribution >= 0.6 is 12.4 Å². The predicted molar refractivity (Wildman–Crippen MR) is 55.7 cm³/mol. The maximum atomic E-state index is 5.11. The molecule has 1 N–H and O–H groups in total. The van der Waals surface area contributed by atoms with Crippen LogP contribution in [0.4, 0.5) is 5.69 Å². The topological polar surface area (TPSA) is 12.0 Å². The van der Waals surface area contributed by atoms with E-state index < -0.39 is 0 Å². The zero-order chi connectivity index (χ0) is 8.10. The van der Waals surface area contributed by atoms with Gasteiger partial charge in [-0.2, -0.15) is 0 Å². The van der Waals surface area contributed by atoms with Gasteiger partial charge in [0.2, 0.25) is 0 Å². The molecule has 12 heavy (non-hydrogen) atoms. The monoisotopic (exact) mass is 181 g/mol. The van der Waals surface area contributed by atoms with Crippen LogP contribution in [0.25, 0.3) is 0 Å². The van der Waals surface area contributed by atoms with E-state index in [4.69, 9.17) is 6.42 Å².